The molecule has 0 amide bonds. The molecule has 1 aromatic rings. The van der Waals surface area contributed by atoms with Crippen LogP contribution in [0.4, 0.5) is 4.39 Å². The Morgan fingerprint density at radius 3 is 2.67 bits per heavy atom. The maximum Gasteiger partial charge on any atom is 0.165 e. The molecule has 1 aliphatic rings. The van der Waals surface area contributed by atoms with Gasteiger partial charge < -0.3 is 10.5 Å². The summed E-state index contributed by atoms with van der Waals surface area (Å²) >= 11 is 3.44. The van der Waals surface area contributed by atoms with Crippen LogP contribution in [0.2, 0.25) is 0 Å². The average molecular weight is 274 g/mol. The Labute approximate surface area is 96.7 Å². The van der Waals surface area contributed by atoms with E-state index in [9.17, 15) is 4.39 Å². The summed E-state index contributed by atoms with van der Waals surface area (Å²) in [6, 6.07) is 3.11. The highest BCUT2D eigenvalue weighted by molar-refractivity contribution is 9.10. The first-order valence-corrected chi connectivity index (χ1v) is 5.66. The Balaban J connectivity index is 2.58. The maximum atomic E-state index is 13.5. The third-order valence-electron chi connectivity index (χ3n) is 3.04. The molecule has 0 unspecified atom stereocenters. The highest BCUT2D eigenvalue weighted by atomic mass is 79.9. The molecule has 0 saturated heterocycles. The molecule has 0 radical (unpaired) electrons. The van der Waals surface area contributed by atoms with Crippen molar-refractivity contribution in [3.63, 3.8) is 0 Å². The first-order valence-electron chi connectivity index (χ1n) is 4.87. The lowest BCUT2D eigenvalue weighted by molar-refractivity contribution is 0.375. The van der Waals surface area contributed by atoms with Gasteiger partial charge in [0, 0.05) is 22.0 Å². The zero-order chi connectivity index (χ0) is 11.1. The lowest BCUT2D eigenvalue weighted by atomic mass is 9.95. The van der Waals surface area contributed by atoms with Gasteiger partial charge in [0.05, 0.1) is 7.11 Å². The summed E-state index contributed by atoms with van der Waals surface area (Å²) in [6.07, 6.45) is 2.00. The van der Waals surface area contributed by atoms with Crippen molar-refractivity contribution >= 4 is 15.9 Å². The van der Waals surface area contributed by atoms with Crippen molar-refractivity contribution in [2.75, 3.05) is 13.7 Å². The second-order valence-corrected chi connectivity index (χ2v) is 4.78. The van der Waals surface area contributed by atoms with E-state index in [4.69, 9.17) is 10.5 Å². The van der Waals surface area contributed by atoms with Gasteiger partial charge in [0.15, 0.2) is 11.6 Å². The summed E-state index contributed by atoms with van der Waals surface area (Å²) in [4.78, 5) is 0. The van der Waals surface area contributed by atoms with Gasteiger partial charge in [-0.25, -0.2) is 4.39 Å². The summed E-state index contributed by atoms with van der Waals surface area (Å²) in [5, 5.41) is 0. The largest absolute Gasteiger partial charge is 0.493 e. The van der Waals surface area contributed by atoms with Crippen molar-refractivity contribution < 1.29 is 9.13 Å². The van der Waals surface area contributed by atoms with Gasteiger partial charge in [0.2, 0.25) is 0 Å². The Morgan fingerprint density at radius 2 is 2.20 bits per heavy atom. The van der Waals surface area contributed by atoms with Crippen molar-refractivity contribution in [1.29, 1.82) is 0 Å². The van der Waals surface area contributed by atoms with Crippen LogP contribution in [0, 0.1) is 5.82 Å². The van der Waals surface area contributed by atoms with E-state index in [2.05, 4.69) is 15.9 Å². The summed E-state index contributed by atoms with van der Waals surface area (Å²) in [5.74, 6) is 0.00255. The minimum absolute atomic E-state index is 0.0771. The van der Waals surface area contributed by atoms with Gasteiger partial charge in [-0.1, -0.05) is 15.9 Å². The van der Waals surface area contributed by atoms with Crippen LogP contribution in [0.25, 0.3) is 0 Å². The fourth-order valence-electron chi connectivity index (χ4n) is 1.93. The van der Waals surface area contributed by atoms with Gasteiger partial charge in [0.25, 0.3) is 0 Å². The standard InChI is InChI=1S/C11H13BrFNO/c1-15-10-8(13)3-2-7(12)9(10)11(6-14)4-5-11/h2-3H,4-6,14H2,1H3. The molecule has 1 aliphatic carbocycles. The lowest BCUT2D eigenvalue weighted by Crippen LogP contribution is -2.21. The van der Waals surface area contributed by atoms with Crippen molar-refractivity contribution in [3.8, 4) is 5.75 Å². The van der Waals surface area contributed by atoms with E-state index in [0.29, 0.717) is 12.3 Å². The minimum Gasteiger partial charge on any atom is -0.493 e. The number of halogens is 2. The fourth-order valence-corrected chi connectivity index (χ4v) is 2.67. The van der Waals surface area contributed by atoms with E-state index < -0.39 is 0 Å². The van der Waals surface area contributed by atoms with Crippen LogP contribution in [0.1, 0.15) is 18.4 Å². The zero-order valence-electron chi connectivity index (χ0n) is 8.52. The number of ether oxygens (including phenoxy) is 1. The third kappa shape index (κ3) is 1.66. The summed E-state index contributed by atoms with van der Waals surface area (Å²) in [5.41, 5.74) is 6.55. The van der Waals surface area contributed by atoms with Crippen molar-refractivity contribution in [3.05, 3.63) is 28.0 Å². The lowest BCUT2D eigenvalue weighted by Gasteiger charge is -2.19. The highest BCUT2D eigenvalue weighted by Gasteiger charge is 2.46. The Morgan fingerprint density at radius 1 is 1.53 bits per heavy atom. The molecule has 0 aromatic heterocycles. The van der Waals surface area contributed by atoms with Crippen LogP contribution in [-0.4, -0.2) is 13.7 Å². The Kier molecular flexibility index (Phi) is 2.73. The van der Waals surface area contributed by atoms with Crippen LogP contribution in [0.3, 0.4) is 0 Å². The predicted molar refractivity (Wildman–Crippen MR) is 60.6 cm³/mol. The van der Waals surface area contributed by atoms with Gasteiger partial charge in [-0.05, 0) is 25.0 Å². The van der Waals surface area contributed by atoms with Gasteiger partial charge >= 0.3 is 0 Å². The Hall–Kier alpha value is -0.610. The topological polar surface area (TPSA) is 35.2 Å². The van der Waals surface area contributed by atoms with Crippen LogP contribution < -0.4 is 10.5 Å². The summed E-state index contributed by atoms with van der Waals surface area (Å²) in [7, 11) is 1.49. The normalized spacial score (nSPS) is 17.6. The van der Waals surface area contributed by atoms with E-state index in [0.717, 1.165) is 22.9 Å². The van der Waals surface area contributed by atoms with Crippen molar-refractivity contribution in [1.82, 2.24) is 0 Å². The molecule has 0 aliphatic heterocycles. The highest BCUT2D eigenvalue weighted by Crippen LogP contribution is 2.53. The molecular weight excluding hydrogens is 261 g/mol. The first kappa shape index (κ1) is 10.9. The number of rotatable bonds is 3. The van der Waals surface area contributed by atoms with Crippen LogP contribution in [0.5, 0.6) is 5.75 Å². The van der Waals surface area contributed by atoms with Crippen molar-refractivity contribution in [2.45, 2.75) is 18.3 Å². The van der Waals surface area contributed by atoms with E-state index in [-0.39, 0.29) is 11.2 Å². The van der Waals surface area contributed by atoms with E-state index >= 15 is 0 Å². The molecule has 0 bridgehead atoms. The van der Waals surface area contributed by atoms with Crippen LogP contribution in [-0.2, 0) is 5.41 Å². The predicted octanol–water partition coefficient (Wildman–Crippen LogP) is 2.59. The van der Waals surface area contributed by atoms with E-state index in [1.807, 2.05) is 0 Å². The molecule has 4 heteroatoms. The minimum atomic E-state index is -0.324. The molecule has 2 nitrogen and oxygen atoms in total. The zero-order valence-corrected chi connectivity index (χ0v) is 10.1. The van der Waals surface area contributed by atoms with Crippen LogP contribution in [0.15, 0.2) is 16.6 Å². The third-order valence-corrected chi connectivity index (χ3v) is 3.70. The Bertz CT molecular complexity index is 390. The maximum absolute atomic E-state index is 13.5. The van der Waals surface area contributed by atoms with Crippen LogP contribution >= 0.6 is 15.9 Å². The fraction of sp³-hybridized carbons (Fsp3) is 0.455. The van der Waals surface area contributed by atoms with E-state index in [1.54, 1.807) is 6.07 Å². The first-order chi connectivity index (χ1) is 7.14. The number of benzene rings is 1. The summed E-state index contributed by atoms with van der Waals surface area (Å²) in [6.45, 7) is 0.533. The molecule has 82 valence electrons. The molecule has 15 heavy (non-hydrogen) atoms. The number of nitrogens with two attached hydrogens (primary N) is 1. The molecule has 1 saturated carbocycles. The molecule has 2 N–H and O–H groups in total. The second kappa shape index (κ2) is 3.76. The number of hydrogen-bond donors (Lipinski definition) is 1. The molecule has 0 heterocycles. The van der Waals surface area contributed by atoms with Gasteiger partial charge in [-0.15, -0.1) is 0 Å². The molecule has 2 rings (SSSR count). The molecule has 1 aromatic carbocycles. The SMILES string of the molecule is COc1c(F)ccc(Br)c1C1(CN)CC1. The van der Waals surface area contributed by atoms with Gasteiger partial charge in [-0.3, -0.25) is 0 Å². The molecule has 1 fully saturated rings. The molecule has 0 atom stereocenters. The van der Waals surface area contributed by atoms with Gasteiger partial charge in [0.1, 0.15) is 0 Å². The summed E-state index contributed by atoms with van der Waals surface area (Å²) < 4.78 is 19.5. The van der Waals surface area contributed by atoms with Crippen molar-refractivity contribution in [2.24, 2.45) is 5.73 Å². The molecule has 0 spiro atoms. The molecular formula is C11H13BrFNO. The van der Waals surface area contributed by atoms with Gasteiger partial charge in [-0.2, -0.15) is 0 Å². The monoisotopic (exact) mass is 273 g/mol. The quantitative estimate of drug-likeness (QED) is 0.919. The number of methoxy groups -OCH3 is 1. The average Bonchev–Trinajstić information content (AvgIpc) is 3.01. The smallest absolute Gasteiger partial charge is 0.165 e. The number of hydrogen-bond acceptors (Lipinski definition) is 2. The second-order valence-electron chi connectivity index (χ2n) is 3.92. The van der Waals surface area contributed by atoms with E-state index in [1.165, 1.54) is 13.2 Å².